The van der Waals surface area contributed by atoms with Crippen molar-refractivity contribution in [2.24, 2.45) is 4.99 Å². The van der Waals surface area contributed by atoms with Crippen LogP contribution in [0.4, 0.5) is 35.2 Å². The van der Waals surface area contributed by atoms with Gasteiger partial charge in [-0.1, -0.05) is 12.1 Å². The van der Waals surface area contributed by atoms with Crippen molar-refractivity contribution in [3.8, 4) is 17.1 Å². The lowest BCUT2D eigenvalue weighted by Crippen LogP contribution is -2.48. The monoisotopic (exact) mass is 556 g/mol. The van der Waals surface area contributed by atoms with Crippen molar-refractivity contribution in [2.45, 2.75) is 24.7 Å². The number of carbonyl (C=O) groups excluding carboxylic acids is 1. The molecule has 210 valence electrons. The highest BCUT2D eigenvalue weighted by molar-refractivity contribution is 6.05. The van der Waals surface area contributed by atoms with Crippen LogP contribution >= 0.6 is 0 Å². The molecule has 1 fully saturated rings. The van der Waals surface area contributed by atoms with Crippen LogP contribution in [0.5, 0.6) is 5.88 Å². The van der Waals surface area contributed by atoms with Crippen LogP contribution in [0.3, 0.4) is 0 Å². The smallest absolute Gasteiger partial charge is 0.416 e. The number of aliphatic hydroxyl groups excluding tert-OH is 2. The molecule has 1 saturated heterocycles. The molecule has 1 aromatic carbocycles. The zero-order chi connectivity index (χ0) is 28.4. The van der Waals surface area contributed by atoms with Crippen molar-refractivity contribution < 1.29 is 32.9 Å². The number of fused-ring (bicyclic) bond motifs is 4. The second kappa shape index (κ2) is 11.1. The number of ether oxygens (including phenoxy) is 1. The second-order valence-corrected chi connectivity index (χ2v) is 9.45. The lowest BCUT2D eigenvalue weighted by Gasteiger charge is -2.36. The van der Waals surface area contributed by atoms with E-state index < -0.39 is 30.5 Å². The third kappa shape index (κ3) is 5.56. The molecule has 0 radical (unpaired) electrons. The number of amides is 2. The third-order valence-corrected chi connectivity index (χ3v) is 6.68. The molecule has 13 heteroatoms. The minimum atomic E-state index is -4.52. The molecule has 40 heavy (non-hydrogen) atoms. The standard InChI is InChI=1S/C27H27F3N6O4/c1-31-12-17-10-22-25(34-24(17)16-3-2-4-18(9-16)27(28,29)30)36(20-6-8-35(22)13-20)26(39)33-19-5-7-32-23(11-19)40-15-21(38)14-37/h2-5,7,9-12,20-21,37-38H,6,8,13-15H2,1H3,(H,32,33,39)/b31-12+/t20-,21-/m0/s1. The van der Waals surface area contributed by atoms with Gasteiger partial charge in [0.2, 0.25) is 5.88 Å². The van der Waals surface area contributed by atoms with E-state index in [-0.39, 0.29) is 29.8 Å². The van der Waals surface area contributed by atoms with E-state index in [0.29, 0.717) is 42.3 Å². The molecule has 2 aliphatic rings. The zero-order valence-corrected chi connectivity index (χ0v) is 21.5. The van der Waals surface area contributed by atoms with Crippen LogP contribution < -0.4 is 19.9 Å². The summed E-state index contributed by atoms with van der Waals surface area (Å²) in [6.07, 6.45) is -1.94. The number of carbonyl (C=O) groups is 1. The molecule has 2 aliphatic heterocycles. The molecule has 2 aromatic heterocycles. The fourth-order valence-corrected chi connectivity index (χ4v) is 4.82. The largest absolute Gasteiger partial charge is 0.475 e. The normalized spacial score (nSPS) is 17.2. The average molecular weight is 557 g/mol. The zero-order valence-electron chi connectivity index (χ0n) is 21.5. The number of hydrogen-bond acceptors (Lipinski definition) is 8. The Morgan fingerprint density at radius 2 is 2.12 bits per heavy atom. The maximum atomic E-state index is 13.6. The Hall–Kier alpha value is -4.23. The lowest BCUT2D eigenvalue weighted by molar-refractivity contribution is -0.137. The van der Waals surface area contributed by atoms with Gasteiger partial charge in [-0.3, -0.25) is 9.89 Å². The molecule has 10 nitrogen and oxygen atoms in total. The highest BCUT2D eigenvalue weighted by Gasteiger charge is 2.41. The summed E-state index contributed by atoms with van der Waals surface area (Å²) in [7, 11) is 1.57. The van der Waals surface area contributed by atoms with Gasteiger partial charge in [0.1, 0.15) is 12.7 Å². The molecular formula is C27H27F3N6O4. The minimum Gasteiger partial charge on any atom is -0.475 e. The van der Waals surface area contributed by atoms with Gasteiger partial charge in [0, 0.05) is 55.4 Å². The lowest BCUT2D eigenvalue weighted by atomic mass is 10.0. The second-order valence-electron chi connectivity index (χ2n) is 9.45. The average Bonchev–Trinajstić information content (AvgIpc) is 3.36. The Morgan fingerprint density at radius 3 is 2.88 bits per heavy atom. The summed E-state index contributed by atoms with van der Waals surface area (Å²) in [5, 5.41) is 21.3. The Bertz CT molecular complexity index is 1430. The quantitative estimate of drug-likeness (QED) is 0.380. The van der Waals surface area contributed by atoms with Crippen molar-refractivity contribution in [1.29, 1.82) is 0 Å². The van der Waals surface area contributed by atoms with Crippen LogP contribution in [0.1, 0.15) is 17.5 Å². The van der Waals surface area contributed by atoms with E-state index in [1.807, 2.05) is 0 Å². The van der Waals surface area contributed by atoms with Gasteiger partial charge in [-0.25, -0.2) is 14.8 Å². The molecule has 0 aliphatic carbocycles. The van der Waals surface area contributed by atoms with Gasteiger partial charge in [-0.2, -0.15) is 13.2 Å². The number of benzene rings is 1. The van der Waals surface area contributed by atoms with E-state index >= 15 is 0 Å². The van der Waals surface area contributed by atoms with Gasteiger partial charge < -0.3 is 25.2 Å². The summed E-state index contributed by atoms with van der Waals surface area (Å²) < 4.78 is 45.8. The third-order valence-electron chi connectivity index (χ3n) is 6.68. The topological polar surface area (TPSA) is 123 Å². The van der Waals surface area contributed by atoms with Crippen LogP contribution in [0.2, 0.25) is 0 Å². The number of rotatable bonds is 7. The highest BCUT2D eigenvalue weighted by Crippen LogP contribution is 2.42. The summed E-state index contributed by atoms with van der Waals surface area (Å²) >= 11 is 0. The first kappa shape index (κ1) is 27.3. The molecule has 3 N–H and O–H groups in total. The highest BCUT2D eigenvalue weighted by atomic mass is 19.4. The number of halogens is 3. The molecule has 0 spiro atoms. The number of aliphatic hydroxyl groups is 2. The molecule has 5 rings (SSSR count). The Labute approximate surface area is 227 Å². The van der Waals surface area contributed by atoms with Crippen LogP contribution in [-0.2, 0) is 6.18 Å². The fraction of sp³-hybridized carbons (Fsp3) is 0.333. The number of alkyl halides is 3. The summed E-state index contributed by atoms with van der Waals surface area (Å²) in [6.45, 7) is 0.626. The number of aliphatic imine (C=N–C) groups is 1. The van der Waals surface area contributed by atoms with Gasteiger partial charge in [0.15, 0.2) is 5.82 Å². The number of anilines is 3. The molecule has 2 atom stereocenters. The van der Waals surface area contributed by atoms with Crippen LogP contribution in [0.25, 0.3) is 11.3 Å². The molecule has 0 saturated carbocycles. The number of pyridine rings is 2. The van der Waals surface area contributed by atoms with Gasteiger partial charge in [0.25, 0.3) is 0 Å². The van der Waals surface area contributed by atoms with Crippen LogP contribution in [0, 0.1) is 0 Å². The Balaban J connectivity index is 1.51. The van der Waals surface area contributed by atoms with Gasteiger partial charge >= 0.3 is 12.2 Å². The number of urea groups is 1. The molecule has 0 unspecified atom stereocenters. The number of nitrogens with one attached hydrogen (secondary N) is 1. The first-order valence-electron chi connectivity index (χ1n) is 12.6. The van der Waals surface area contributed by atoms with Crippen molar-refractivity contribution in [1.82, 2.24) is 9.97 Å². The minimum absolute atomic E-state index is 0.143. The summed E-state index contributed by atoms with van der Waals surface area (Å²) in [4.78, 5) is 30.2. The summed E-state index contributed by atoms with van der Waals surface area (Å²) in [5.74, 6) is 0.480. The Kier molecular flexibility index (Phi) is 7.59. The van der Waals surface area contributed by atoms with Crippen molar-refractivity contribution in [2.75, 3.05) is 48.5 Å². The maximum Gasteiger partial charge on any atom is 0.416 e. The van der Waals surface area contributed by atoms with Crippen LogP contribution in [-0.4, -0.2) is 77.9 Å². The van der Waals surface area contributed by atoms with E-state index in [1.165, 1.54) is 18.3 Å². The first-order valence-corrected chi connectivity index (χ1v) is 12.6. The van der Waals surface area contributed by atoms with Crippen molar-refractivity contribution >= 4 is 29.4 Å². The van der Waals surface area contributed by atoms with Crippen LogP contribution in [0.15, 0.2) is 53.7 Å². The molecular weight excluding hydrogens is 529 g/mol. The molecule has 2 bridgehead atoms. The molecule has 3 aromatic rings. The van der Waals surface area contributed by atoms with Gasteiger partial charge in [-0.15, -0.1) is 0 Å². The van der Waals surface area contributed by atoms with Gasteiger partial charge in [-0.05, 0) is 30.7 Å². The van der Waals surface area contributed by atoms with E-state index in [4.69, 9.17) is 14.8 Å². The fourth-order valence-electron chi connectivity index (χ4n) is 4.82. The summed E-state index contributed by atoms with van der Waals surface area (Å²) in [5.41, 5.74) is 1.32. The predicted octanol–water partition coefficient (Wildman–Crippen LogP) is 3.57. The van der Waals surface area contributed by atoms with E-state index in [1.54, 1.807) is 36.4 Å². The van der Waals surface area contributed by atoms with E-state index in [2.05, 4.69) is 20.2 Å². The number of hydrogen-bond donors (Lipinski definition) is 3. The first-order chi connectivity index (χ1) is 19.2. The summed E-state index contributed by atoms with van der Waals surface area (Å²) in [6, 6.07) is 9.10. The number of aromatic nitrogens is 2. The Morgan fingerprint density at radius 1 is 1.30 bits per heavy atom. The van der Waals surface area contributed by atoms with E-state index in [0.717, 1.165) is 12.1 Å². The van der Waals surface area contributed by atoms with Crippen molar-refractivity contribution in [3.05, 3.63) is 59.8 Å². The van der Waals surface area contributed by atoms with E-state index in [9.17, 15) is 23.1 Å². The molecule has 2 amide bonds. The van der Waals surface area contributed by atoms with Gasteiger partial charge in [0.05, 0.1) is 29.6 Å². The molecule has 4 heterocycles. The number of nitrogens with zero attached hydrogens (tertiary/aromatic N) is 5. The predicted molar refractivity (Wildman–Crippen MR) is 143 cm³/mol. The SMILES string of the molecule is C/N=C/c1cc2c(nc1-c1cccc(C(F)(F)F)c1)N(C(=O)Nc1ccnc(OC[C@@H](O)CO)c1)[C@H]1CCN2C1. The maximum absolute atomic E-state index is 13.6. The van der Waals surface area contributed by atoms with Crippen molar-refractivity contribution in [3.63, 3.8) is 0 Å².